The van der Waals surface area contributed by atoms with Crippen LogP contribution in [0.4, 0.5) is 0 Å². The zero-order valence-corrected chi connectivity index (χ0v) is 11.6. The van der Waals surface area contributed by atoms with Gasteiger partial charge in [0.2, 0.25) is 0 Å². The van der Waals surface area contributed by atoms with Crippen LogP contribution in [0.3, 0.4) is 0 Å². The molecule has 20 heavy (non-hydrogen) atoms. The summed E-state index contributed by atoms with van der Waals surface area (Å²) in [6, 6.07) is 5.73. The minimum absolute atomic E-state index is 0.299. The summed E-state index contributed by atoms with van der Waals surface area (Å²) in [5.74, 6) is 1.95. The summed E-state index contributed by atoms with van der Waals surface area (Å²) >= 11 is 1.47. The number of benzene rings is 1. The Labute approximate surface area is 118 Å². The van der Waals surface area contributed by atoms with Gasteiger partial charge in [-0.1, -0.05) is 11.8 Å². The highest BCUT2D eigenvalue weighted by Crippen LogP contribution is 2.24. The van der Waals surface area contributed by atoms with E-state index < -0.39 is 0 Å². The van der Waals surface area contributed by atoms with E-state index in [9.17, 15) is 4.79 Å². The van der Waals surface area contributed by atoms with E-state index in [4.69, 9.17) is 4.74 Å². The Morgan fingerprint density at radius 1 is 1.35 bits per heavy atom. The van der Waals surface area contributed by atoms with Crippen molar-refractivity contribution in [1.82, 2.24) is 25.1 Å². The van der Waals surface area contributed by atoms with Crippen LogP contribution >= 0.6 is 11.8 Å². The van der Waals surface area contributed by atoms with E-state index >= 15 is 0 Å². The van der Waals surface area contributed by atoms with Gasteiger partial charge in [0, 0.05) is 6.07 Å². The molecule has 0 atom stereocenters. The number of H-pyrrole nitrogens is 3. The zero-order valence-electron chi connectivity index (χ0n) is 10.8. The average molecular weight is 291 g/mol. The number of nitrogens with one attached hydrogen (secondary N) is 3. The SMILES string of the molecule is CCOc1ccc2nc(SCc3n[nH]c(=O)[nH]3)[nH]c2c1. The molecule has 7 nitrogen and oxygen atoms in total. The van der Waals surface area contributed by atoms with Crippen molar-refractivity contribution in [1.29, 1.82) is 0 Å². The molecule has 0 aliphatic carbocycles. The van der Waals surface area contributed by atoms with Gasteiger partial charge in [0.1, 0.15) is 11.6 Å². The Hall–Kier alpha value is -2.22. The van der Waals surface area contributed by atoms with Crippen LogP contribution in [0.25, 0.3) is 11.0 Å². The van der Waals surface area contributed by atoms with Crippen LogP contribution in [0, 0.1) is 0 Å². The van der Waals surface area contributed by atoms with Crippen LogP contribution < -0.4 is 10.4 Å². The van der Waals surface area contributed by atoms with Crippen LogP contribution in [0.15, 0.2) is 28.2 Å². The maximum Gasteiger partial charge on any atom is 0.340 e. The fourth-order valence-electron chi connectivity index (χ4n) is 1.80. The molecule has 3 aromatic rings. The minimum atomic E-state index is -0.299. The second kappa shape index (κ2) is 5.41. The van der Waals surface area contributed by atoms with E-state index in [1.807, 2.05) is 25.1 Å². The van der Waals surface area contributed by atoms with E-state index in [2.05, 4.69) is 25.1 Å². The first-order valence-electron chi connectivity index (χ1n) is 6.13. The Bertz CT molecular complexity index is 775. The lowest BCUT2D eigenvalue weighted by atomic mass is 10.3. The number of thioether (sulfide) groups is 1. The van der Waals surface area contributed by atoms with Crippen molar-refractivity contribution in [3.05, 3.63) is 34.5 Å². The molecule has 8 heteroatoms. The van der Waals surface area contributed by atoms with Gasteiger partial charge in [-0.15, -0.1) is 0 Å². The lowest BCUT2D eigenvalue weighted by Gasteiger charge is -2.00. The van der Waals surface area contributed by atoms with Crippen molar-refractivity contribution in [3.8, 4) is 5.75 Å². The number of aromatic nitrogens is 5. The number of hydrogen-bond acceptors (Lipinski definition) is 5. The number of nitrogens with zero attached hydrogens (tertiary/aromatic N) is 2. The van der Waals surface area contributed by atoms with Crippen LogP contribution in [-0.2, 0) is 5.75 Å². The van der Waals surface area contributed by atoms with Gasteiger partial charge in [-0.25, -0.2) is 14.9 Å². The van der Waals surface area contributed by atoms with E-state index in [-0.39, 0.29) is 5.69 Å². The van der Waals surface area contributed by atoms with Gasteiger partial charge in [0.15, 0.2) is 5.16 Å². The molecule has 104 valence electrons. The fourth-order valence-corrected chi connectivity index (χ4v) is 2.56. The summed E-state index contributed by atoms with van der Waals surface area (Å²) in [7, 11) is 0. The molecular formula is C12H13N5O2S. The third-order valence-electron chi connectivity index (χ3n) is 2.64. The molecule has 0 bridgehead atoms. The van der Waals surface area contributed by atoms with Gasteiger partial charge < -0.3 is 9.72 Å². The predicted molar refractivity (Wildman–Crippen MR) is 76.0 cm³/mol. The van der Waals surface area contributed by atoms with E-state index in [0.717, 1.165) is 21.9 Å². The monoisotopic (exact) mass is 291 g/mol. The number of imidazole rings is 1. The Morgan fingerprint density at radius 3 is 3.00 bits per heavy atom. The smallest absolute Gasteiger partial charge is 0.340 e. The molecule has 1 aromatic carbocycles. The summed E-state index contributed by atoms with van der Waals surface area (Å²) in [5, 5.41) is 6.95. The first-order valence-corrected chi connectivity index (χ1v) is 7.12. The van der Waals surface area contributed by atoms with Gasteiger partial charge in [0.25, 0.3) is 0 Å². The second-order valence-corrected chi connectivity index (χ2v) is 5.03. The topological polar surface area (TPSA) is 99.4 Å². The molecule has 3 N–H and O–H groups in total. The number of rotatable bonds is 5. The van der Waals surface area contributed by atoms with Crippen molar-refractivity contribution in [2.24, 2.45) is 0 Å². The predicted octanol–water partition coefficient (Wildman–Crippen LogP) is 1.67. The third kappa shape index (κ3) is 2.69. The standard InChI is InChI=1S/C12H13N5O2S/c1-2-19-7-3-4-8-9(5-7)14-12(13-8)20-6-10-15-11(18)17-16-10/h3-5H,2,6H2,1H3,(H,13,14)(H2,15,16,17,18). The Balaban J connectivity index is 1.76. The Morgan fingerprint density at radius 2 is 2.25 bits per heavy atom. The molecule has 2 aromatic heterocycles. The molecule has 3 rings (SSSR count). The molecule has 0 fully saturated rings. The average Bonchev–Trinajstić information content (AvgIpc) is 3.02. The molecule has 0 amide bonds. The van der Waals surface area contributed by atoms with Crippen molar-refractivity contribution >= 4 is 22.8 Å². The maximum absolute atomic E-state index is 10.9. The number of aromatic amines is 3. The number of ether oxygens (including phenoxy) is 1. The number of hydrogen-bond donors (Lipinski definition) is 3. The van der Waals surface area contributed by atoms with Crippen LogP contribution in [-0.4, -0.2) is 31.8 Å². The zero-order chi connectivity index (χ0) is 13.9. The van der Waals surface area contributed by atoms with E-state index in [1.54, 1.807) is 0 Å². The summed E-state index contributed by atoms with van der Waals surface area (Å²) in [6.45, 7) is 2.58. The van der Waals surface area contributed by atoms with Crippen LogP contribution in [0.1, 0.15) is 12.7 Å². The highest BCUT2D eigenvalue weighted by molar-refractivity contribution is 7.98. The molecule has 0 aliphatic heterocycles. The lowest BCUT2D eigenvalue weighted by molar-refractivity contribution is 0.340. The molecule has 0 saturated heterocycles. The molecular weight excluding hydrogens is 278 g/mol. The Kier molecular flexibility index (Phi) is 3.46. The fraction of sp³-hybridized carbons (Fsp3) is 0.250. The first-order chi connectivity index (χ1) is 9.74. The van der Waals surface area contributed by atoms with Gasteiger partial charge in [-0.3, -0.25) is 4.98 Å². The molecule has 0 saturated carbocycles. The lowest BCUT2D eigenvalue weighted by Crippen LogP contribution is -2.00. The second-order valence-electron chi connectivity index (χ2n) is 4.07. The molecule has 0 aliphatic rings. The minimum Gasteiger partial charge on any atom is -0.494 e. The van der Waals surface area contributed by atoms with Gasteiger partial charge >= 0.3 is 5.69 Å². The maximum atomic E-state index is 10.9. The van der Waals surface area contributed by atoms with Gasteiger partial charge in [0.05, 0.1) is 23.4 Å². The molecule has 2 heterocycles. The highest BCUT2D eigenvalue weighted by Gasteiger charge is 2.06. The van der Waals surface area contributed by atoms with Crippen molar-refractivity contribution in [3.63, 3.8) is 0 Å². The van der Waals surface area contributed by atoms with E-state index in [0.29, 0.717) is 18.2 Å². The van der Waals surface area contributed by atoms with Gasteiger partial charge in [-0.05, 0) is 19.1 Å². The summed E-state index contributed by atoms with van der Waals surface area (Å²) < 4.78 is 5.45. The summed E-state index contributed by atoms with van der Waals surface area (Å²) in [5.41, 5.74) is 1.51. The quantitative estimate of drug-likeness (QED) is 0.621. The van der Waals surface area contributed by atoms with Crippen LogP contribution in [0.2, 0.25) is 0 Å². The summed E-state index contributed by atoms with van der Waals surface area (Å²) in [6.07, 6.45) is 0. The van der Waals surface area contributed by atoms with Crippen molar-refractivity contribution < 1.29 is 4.74 Å². The highest BCUT2D eigenvalue weighted by atomic mass is 32.2. The van der Waals surface area contributed by atoms with Crippen molar-refractivity contribution in [2.45, 2.75) is 17.8 Å². The first kappa shape index (κ1) is 12.8. The molecule has 0 unspecified atom stereocenters. The number of fused-ring (bicyclic) bond motifs is 1. The molecule has 0 spiro atoms. The van der Waals surface area contributed by atoms with Crippen molar-refractivity contribution in [2.75, 3.05) is 6.61 Å². The largest absolute Gasteiger partial charge is 0.494 e. The van der Waals surface area contributed by atoms with Gasteiger partial charge in [-0.2, -0.15) is 5.10 Å². The molecule has 0 radical (unpaired) electrons. The summed E-state index contributed by atoms with van der Waals surface area (Å²) in [4.78, 5) is 21.2. The third-order valence-corrected chi connectivity index (χ3v) is 3.52. The van der Waals surface area contributed by atoms with E-state index in [1.165, 1.54) is 11.8 Å². The van der Waals surface area contributed by atoms with Crippen LogP contribution in [0.5, 0.6) is 5.75 Å². The normalized spacial score (nSPS) is 11.1.